The molecule has 146 valence electrons. The van der Waals surface area contributed by atoms with Crippen LogP contribution in [0.15, 0.2) is 28.1 Å². The van der Waals surface area contributed by atoms with Gasteiger partial charge in [-0.25, -0.2) is 0 Å². The summed E-state index contributed by atoms with van der Waals surface area (Å²) in [5, 5.41) is 16.6. The second-order valence-corrected chi connectivity index (χ2v) is 6.86. The Morgan fingerprint density at radius 1 is 1.46 bits per heavy atom. The molecule has 28 heavy (non-hydrogen) atoms. The SMILES string of the molecule is CCOc1cc(C2C(C#N)=C(N)Oc3n[nH]c(C)c32)cc(Br)c1OCC(N)=O. The van der Waals surface area contributed by atoms with Gasteiger partial charge in [-0.05, 0) is 47.5 Å². The molecule has 10 heteroatoms. The third-order valence-corrected chi connectivity index (χ3v) is 4.74. The lowest BCUT2D eigenvalue weighted by atomic mass is 9.84. The fraction of sp³-hybridized carbons (Fsp3) is 0.278. The third-order valence-electron chi connectivity index (χ3n) is 4.15. The van der Waals surface area contributed by atoms with E-state index in [0.29, 0.717) is 34.0 Å². The maximum absolute atomic E-state index is 11.1. The molecule has 1 aromatic heterocycles. The number of ether oxygens (including phenoxy) is 3. The van der Waals surface area contributed by atoms with Crippen molar-refractivity contribution in [2.75, 3.05) is 13.2 Å². The molecule has 0 saturated carbocycles. The highest BCUT2D eigenvalue weighted by Gasteiger charge is 2.35. The Kier molecular flexibility index (Phi) is 5.46. The zero-order valence-corrected chi connectivity index (χ0v) is 16.8. The number of rotatable bonds is 6. The van der Waals surface area contributed by atoms with E-state index >= 15 is 0 Å². The van der Waals surface area contributed by atoms with Crippen LogP contribution >= 0.6 is 15.9 Å². The number of halogens is 1. The van der Waals surface area contributed by atoms with Crippen LogP contribution in [0.25, 0.3) is 0 Å². The first kappa shape index (κ1) is 19.6. The number of nitrogens with two attached hydrogens (primary N) is 2. The van der Waals surface area contributed by atoms with Crippen molar-refractivity contribution in [3.05, 3.63) is 44.9 Å². The number of aromatic amines is 1. The summed E-state index contributed by atoms with van der Waals surface area (Å²) in [6.45, 7) is 3.73. The van der Waals surface area contributed by atoms with Crippen molar-refractivity contribution in [1.82, 2.24) is 10.2 Å². The van der Waals surface area contributed by atoms with E-state index < -0.39 is 11.8 Å². The lowest BCUT2D eigenvalue weighted by Crippen LogP contribution is -2.22. The minimum absolute atomic E-state index is 0.00497. The van der Waals surface area contributed by atoms with Gasteiger partial charge in [0, 0.05) is 11.3 Å². The van der Waals surface area contributed by atoms with Crippen molar-refractivity contribution in [2.24, 2.45) is 11.5 Å². The molecule has 1 atom stereocenters. The Bertz CT molecular complexity index is 1010. The van der Waals surface area contributed by atoms with Crippen molar-refractivity contribution in [3.8, 4) is 23.4 Å². The lowest BCUT2D eigenvalue weighted by molar-refractivity contribution is -0.119. The summed E-state index contributed by atoms with van der Waals surface area (Å²) in [5.74, 6) is -0.0526. The number of H-pyrrole nitrogens is 1. The number of nitrogens with one attached hydrogen (secondary N) is 1. The molecule has 2 heterocycles. The Morgan fingerprint density at radius 2 is 2.21 bits per heavy atom. The molecule has 1 aliphatic rings. The summed E-state index contributed by atoms with van der Waals surface area (Å²) in [7, 11) is 0. The summed E-state index contributed by atoms with van der Waals surface area (Å²) in [4.78, 5) is 11.1. The van der Waals surface area contributed by atoms with Gasteiger partial charge in [0.2, 0.25) is 11.8 Å². The first-order valence-corrected chi connectivity index (χ1v) is 9.16. The van der Waals surface area contributed by atoms with Gasteiger partial charge in [-0.1, -0.05) is 0 Å². The lowest BCUT2D eigenvalue weighted by Gasteiger charge is -2.25. The van der Waals surface area contributed by atoms with Gasteiger partial charge in [-0.15, -0.1) is 5.10 Å². The molecule has 0 fully saturated rings. The smallest absolute Gasteiger partial charge is 0.255 e. The van der Waals surface area contributed by atoms with Crippen LogP contribution < -0.4 is 25.7 Å². The minimum atomic E-state index is -0.607. The summed E-state index contributed by atoms with van der Waals surface area (Å²) < 4.78 is 17.2. The fourth-order valence-corrected chi connectivity index (χ4v) is 3.61. The van der Waals surface area contributed by atoms with Crippen LogP contribution in [-0.2, 0) is 4.79 Å². The van der Waals surface area contributed by atoms with Gasteiger partial charge < -0.3 is 25.7 Å². The molecular weight excluding hydrogens is 430 g/mol. The largest absolute Gasteiger partial charge is 0.490 e. The molecule has 9 nitrogen and oxygen atoms in total. The summed E-state index contributed by atoms with van der Waals surface area (Å²) in [5.41, 5.74) is 13.6. The third kappa shape index (κ3) is 3.48. The van der Waals surface area contributed by atoms with Gasteiger partial charge in [-0.2, -0.15) is 5.26 Å². The summed E-state index contributed by atoms with van der Waals surface area (Å²) in [6, 6.07) is 5.64. The number of aromatic nitrogens is 2. The Morgan fingerprint density at radius 3 is 2.86 bits per heavy atom. The van der Waals surface area contributed by atoms with E-state index in [1.54, 1.807) is 12.1 Å². The minimum Gasteiger partial charge on any atom is -0.490 e. The highest BCUT2D eigenvalue weighted by molar-refractivity contribution is 9.10. The van der Waals surface area contributed by atoms with Gasteiger partial charge in [0.15, 0.2) is 18.1 Å². The molecule has 1 aromatic carbocycles. The van der Waals surface area contributed by atoms with E-state index in [2.05, 4.69) is 32.2 Å². The van der Waals surface area contributed by atoms with Crippen LogP contribution in [0, 0.1) is 18.3 Å². The number of carbonyl (C=O) groups excluding carboxylic acids is 1. The standard InChI is InChI=1S/C18H18BrN5O4/c1-3-26-12-5-9(4-11(19)16(12)27-7-13(21)25)15-10(6-20)17(22)28-18-14(15)8(2)23-24-18/h4-5,15H,3,7,22H2,1-2H3,(H2,21,25)(H,23,24). The number of hydrogen-bond acceptors (Lipinski definition) is 7. The number of benzene rings is 1. The number of carbonyl (C=O) groups is 1. The normalized spacial score (nSPS) is 15.4. The van der Waals surface area contributed by atoms with Crippen molar-refractivity contribution in [2.45, 2.75) is 19.8 Å². The summed E-state index contributed by atoms with van der Waals surface area (Å²) >= 11 is 3.45. The topological polar surface area (TPSA) is 149 Å². The molecule has 0 spiro atoms. The van der Waals surface area contributed by atoms with E-state index in [4.69, 9.17) is 25.7 Å². The van der Waals surface area contributed by atoms with E-state index in [0.717, 1.165) is 11.3 Å². The predicted octanol–water partition coefficient (Wildman–Crippen LogP) is 1.96. The van der Waals surface area contributed by atoms with Crippen molar-refractivity contribution in [1.29, 1.82) is 5.26 Å². The molecule has 3 rings (SSSR count). The summed E-state index contributed by atoms with van der Waals surface area (Å²) in [6.07, 6.45) is 0. The molecule has 0 aliphatic carbocycles. The van der Waals surface area contributed by atoms with Crippen LogP contribution in [0.4, 0.5) is 0 Å². The Balaban J connectivity index is 2.16. The number of fused-ring (bicyclic) bond motifs is 1. The number of nitrogens with zero attached hydrogens (tertiary/aromatic N) is 2. The quantitative estimate of drug-likeness (QED) is 0.612. The van der Waals surface area contributed by atoms with Crippen LogP contribution in [0.1, 0.15) is 29.7 Å². The molecule has 0 saturated heterocycles. The first-order valence-electron chi connectivity index (χ1n) is 8.37. The van der Waals surface area contributed by atoms with Gasteiger partial charge in [0.25, 0.3) is 5.91 Å². The fourth-order valence-electron chi connectivity index (χ4n) is 3.03. The first-order chi connectivity index (χ1) is 13.4. The molecule has 1 aliphatic heterocycles. The van der Waals surface area contributed by atoms with Gasteiger partial charge in [0.05, 0.1) is 17.0 Å². The van der Waals surface area contributed by atoms with Gasteiger partial charge in [-0.3, -0.25) is 9.89 Å². The molecule has 1 unspecified atom stereocenters. The molecule has 5 N–H and O–H groups in total. The van der Waals surface area contributed by atoms with E-state index in [-0.39, 0.29) is 18.1 Å². The van der Waals surface area contributed by atoms with Crippen LogP contribution in [-0.4, -0.2) is 29.3 Å². The Labute approximate surface area is 169 Å². The molecule has 0 radical (unpaired) electrons. The van der Waals surface area contributed by atoms with Crippen LogP contribution in [0.3, 0.4) is 0 Å². The number of amides is 1. The molecular formula is C18H18BrN5O4. The zero-order chi connectivity index (χ0) is 20.4. The number of aryl methyl sites for hydroxylation is 1. The Hall–Kier alpha value is -3.19. The van der Waals surface area contributed by atoms with Crippen molar-refractivity contribution in [3.63, 3.8) is 0 Å². The van der Waals surface area contributed by atoms with Gasteiger partial charge in [0.1, 0.15) is 11.6 Å². The van der Waals surface area contributed by atoms with Gasteiger partial charge >= 0.3 is 0 Å². The monoisotopic (exact) mass is 447 g/mol. The number of primary amides is 1. The maximum atomic E-state index is 11.1. The van der Waals surface area contributed by atoms with E-state index in [9.17, 15) is 10.1 Å². The number of allylic oxidation sites excluding steroid dienone is 1. The second-order valence-electron chi connectivity index (χ2n) is 6.01. The van der Waals surface area contributed by atoms with E-state index in [1.165, 1.54) is 0 Å². The van der Waals surface area contributed by atoms with Crippen LogP contribution in [0.5, 0.6) is 17.4 Å². The maximum Gasteiger partial charge on any atom is 0.255 e. The average molecular weight is 448 g/mol. The van der Waals surface area contributed by atoms with Crippen molar-refractivity contribution >= 4 is 21.8 Å². The average Bonchev–Trinajstić information content (AvgIpc) is 3.00. The van der Waals surface area contributed by atoms with Crippen LogP contribution in [0.2, 0.25) is 0 Å². The second kappa shape index (κ2) is 7.82. The zero-order valence-electron chi connectivity index (χ0n) is 15.2. The van der Waals surface area contributed by atoms with Crippen molar-refractivity contribution < 1.29 is 19.0 Å². The number of nitriles is 1. The molecule has 0 bridgehead atoms. The predicted molar refractivity (Wildman–Crippen MR) is 103 cm³/mol. The number of hydrogen-bond donors (Lipinski definition) is 3. The van der Waals surface area contributed by atoms with E-state index in [1.807, 2.05) is 13.8 Å². The highest BCUT2D eigenvalue weighted by atomic mass is 79.9. The molecule has 2 aromatic rings. The highest BCUT2D eigenvalue weighted by Crippen LogP contribution is 2.46. The molecule has 1 amide bonds.